The Kier molecular flexibility index (Phi) is 6.60. The van der Waals surface area contributed by atoms with Gasteiger partial charge in [0.1, 0.15) is 5.75 Å². The number of rotatable bonds is 6. The van der Waals surface area contributed by atoms with E-state index in [0.717, 1.165) is 38.5 Å². The van der Waals surface area contributed by atoms with E-state index in [1.807, 2.05) is 42.5 Å². The van der Waals surface area contributed by atoms with E-state index in [-0.39, 0.29) is 12.4 Å². The van der Waals surface area contributed by atoms with Crippen molar-refractivity contribution in [1.82, 2.24) is 0 Å². The highest BCUT2D eigenvalue weighted by molar-refractivity contribution is 6.12. The van der Waals surface area contributed by atoms with Crippen molar-refractivity contribution in [3.8, 4) is 16.9 Å². The zero-order valence-corrected chi connectivity index (χ0v) is 21.0. The number of hydrogen-bond acceptors (Lipinski definition) is 3. The molecule has 1 fully saturated rings. The van der Waals surface area contributed by atoms with E-state index in [4.69, 9.17) is 4.74 Å². The van der Waals surface area contributed by atoms with E-state index in [9.17, 15) is 4.79 Å². The summed E-state index contributed by atoms with van der Waals surface area (Å²) in [6.07, 6.45) is 6.43. The molecule has 1 saturated carbocycles. The van der Waals surface area contributed by atoms with Crippen LogP contribution in [-0.4, -0.2) is 12.0 Å². The SMILES string of the molecule is O=C(Cc1ccccc1)Oc1ccc2ccccc2c1-c1c(NC2CCCCC2)ccc2ccccc12. The Morgan fingerprint density at radius 3 is 2.03 bits per heavy atom. The fraction of sp³-hybridized carbons (Fsp3) is 0.206. The molecule has 5 aromatic rings. The molecule has 1 aliphatic rings. The Hall–Kier alpha value is -4.11. The van der Waals surface area contributed by atoms with Crippen LogP contribution in [0.2, 0.25) is 0 Å². The molecular weight excluding hydrogens is 454 g/mol. The lowest BCUT2D eigenvalue weighted by atomic mass is 9.90. The highest BCUT2D eigenvalue weighted by Gasteiger charge is 2.22. The molecule has 5 aromatic carbocycles. The quantitative estimate of drug-likeness (QED) is 0.193. The Morgan fingerprint density at radius 1 is 0.676 bits per heavy atom. The summed E-state index contributed by atoms with van der Waals surface area (Å²) < 4.78 is 6.14. The fourth-order valence-corrected chi connectivity index (χ4v) is 5.64. The Morgan fingerprint density at radius 2 is 1.30 bits per heavy atom. The Bertz CT molecular complexity index is 1550. The van der Waals surface area contributed by atoms with Crippen LogP contribution < -0.4 is 10.1 Å². The van der Waals surface area contributed by atoms with Gasteiger partial charge in [-0.2, -0.15) is 0 Å². The maximum absolute atomic E-state index is 13.1. The average Bonchev–Trinajstić information content (AvgIpc) is 2.94. The first-order valence-electron chi connectivity index (χ1n) is 13.3. The van der Waals surface area contributed by atoms with Gasteiger partial charge in [-0.25, -0.2) is 0 Å². The van der Waals surface area contributed by atoms with E-state index in [1.54, 1.807) is 0 Å². The number of esters is 1. The molecular formula is C34H31NO2. The van der Waals surface area contributed by atoms with Gasteiger partial charge >= 0.3 is 5.97 Å². The predicted molar refractivity (Wildman–Crippen MR) is 153 cm³/mol. The van der Waals surface area contributed by atoms with E-state index in [1.165, 1.54) is 37.5 Å². The van der Waals surface area contributed by atoms with Gasteiger partial charge in [0.05, 0.1) is 6.42 Å². The first kappa shape index (κ1) is 23.3. The summed E-state index contributed by atoms with van der Waals surface area (Å²) in [7, 11) is 0. The van der Waals surface area contributed by atoms with Crippen LogP contribution >= 0.6 is 0 Å². The molecule has 0 aliphatic heterocycles. The number of carbonyl (C=O) groups excluding carboxylic acids is 1. The van der Waals surface area contributed by atoms with Gasteiger partial charge in [-0.15, -0.1) is 0 Å². The Labute approximate surface area is 218 Å². The minimum absolute atomic E-state index is 0.232. The van der Waals surface area contributed by atoms with Gasteiger partial charge in [-0.1, -0.05) is 110 Å². The summed E-state index contributed by atoms with van der Waals surface area (Å²) in [5.41, 5.74) is 4.11. The van der Waals surface area contributed by atoms with Crippen LogP contribution in [0.1, 0.15) is 37.7 Å². The molecule has 0 aromatic heterocycles. The molecule has 1 aliphatic carbocycles. The summed E-state index contributed by atoms with van der Waals surface area (Å²) in [4.78, 5) is 13.1. The maximum Gasteiger partial charge on any atom is 0.315 e. The van der Waals surface area contributed by atoms with Crippen LogP contribution in [0.25, 0.3) is 32.7 Å². The number of carbonyl (C=O) groups is 1. The number of anilines is 1. The minimum atomic E-state index is -0.259. The van der Waals surface area contributed by atoms with Crippen molar-refractivity contribution in [2.24, 2.45) is 0 Å². The average molecular weight is 486 g/mol. The van der Waals surface area contributed by atoms with Crippen LogP contribution in [0.3, 0.4) is 0 Å². The third kappa shape index (κ3) is 4.95. The van der Waals surface area contributed by atoms with Crippen LogP contribution in [0.5, 0.6) is 5.75 Å². The molecule has 0 unspecified atom stereocenters. The predicted octanol–water partition coefficient (Wildman–Crippen LogP) is 8.55. The van der Waals surface area contributed by atoms with Crippen LogP contribution in [-0.2, 0) is 11.2 Å². The normalized spacial score (nSPS) is 14.1. The van der Waals surface area contributed by atoms with Crippen LogP contribution in [0.15, 0.2) is 103 Å². The molecule has 0 atom stereocenters. The number of hydrogen-bond donors (Lipinski definition) is 1. The van der Waals surface area contributed by atoms with Crippen LogP contribution in [0, 0.1) is 0 Å². The van der Waals surface area contributed by atoms with Gasteiger partial charge in [-0.3, -0.25) is 4.79 Å². The second-order valence-corrected chi connectivity index (χ2v) is 9.98. The molecule has 6 rings (SSSR count). The van der Waals surface area contributed by atoms with Gasteiger partial charge < -0.3 is 10.1 Å². The molecule has 0 heterocycles. The largest absolute Gasteiger partial charge is 0.426 e. The smallest absolute Gasteiger partial charge is 0.315 e. The van der Waals surface area contributed by atoms with Crippen molar-refractivity contribution in [2.45, 2.75) is 44.6 Å². The van der Waals surface area contributed by atoms with E-state index in [0.29, 0.717) is 11.8 Å². The number of nitrogens with one attached hydrogen (secondary N) is 1. The Balaban J connectivity index is 1.51. The molecule has 0 amide bonds. The first-order chi connectivity index (χ1) is 18.3. The molecule has 0 spiro atoms. The molecule has 1 N–H and O–H groups in total. The lowest BCUT2D eigenvalue weighted by Gasteiger charge is -2.26. The van der Waals surface area contributed by atoms with E-state index >= 15 is 0 Å². The third-order valence-corrected chi connectivity index (χ3v) is 7.45. The van der Waals surface area contributed by atoms with E-state index < -0.39 is 0 Å². The second kappa shape index (κ2) is 10.5. The summed E-state index contributed by atoms with van der Waals surface area (Å²) >= 11 is 0. The lowest BCUT2D eigenvalue weighted by Crippen LogP contribution is -2.22. The second-order valence-electron chi connectivity index (χ2n) is 9.98. The zero-order chi connectivity index (χ0) is 25.0. The van der Waals surface area contributed by atoms with Gasteiger partial charge in [-0.05, 0) is 52.1 Å². The molecule has 3 heteroatoms. The highest BCUT2D eigenvalue weighted by atomic mass is 16.5. The van der Waals surface area contributed by atoms with Crippen LogP contribution in [0.4, 0.5) is 5.69 Å². The maximum atomic E-state index is 13.1. The van der Waals surface area contributed by atoms with Crippen molar-refractivity contribution in [3.63, 3.8) is 0 Å². The van der Waals surface area contributed by atoms with Crippen molar-refractivity contribution in [1.29, 1.82) is 0 Å². The molecule has 0 radical (unpaired) electrons. The standard InChI is InChI=1S/C34H31NO2/c36-32(23-24-11-3-1-4-12-24)37-31-22-20-26-14-8-10-18-29(26)34(31)33-28-17-9-7-13-25(28)19-21-30(33)35-27-15-5-2-6-16-27/h1,3-4,7-14,17-22,27,35H,2,5-6,15-16,23H2. The minimum Gasteiger partial charge on any atom is -0.426 e. The molecule has 0 saturated heterocycles. The fourth-order valence-electron chi connectivity index (χ4n) is 5.64. The lowest BCUT2D eigenvalue weighted by molar-refractivity contribution is -0.133. The number of fused-ring (bicyclic) bond motifs is 2. The van der Waals surface area contributed by atoms with Crippen molar-refractivity contribution < 1.29 is 9.53 Å². The van der Waals surface area contributed by atoms with Gasteiger partial charge in [0.2, 0.25) is 0 Å². The van der Waals surface area contributed by atoms with Gasteiger partial charge in [0, 0.05) is 22.9 Å². The number of benzene rings is 5. The van der Waals surface area contributed by atoms with E-state index in [2.05, 4.69) is 66.0 Å². The van der Waals surface area contributed by atoms with Crippen molar-refractivity contribution in [2.75, 3.05) is 5.32 Å². The molecule has 0 bridgehead atoms. The van der Waals surface area contributed by atoms with Gasteiger partial charge in [0.15, 0.2) is 0 Å². The summed E-state index contributed by atoms with van der Waals surface area (Å²) in [6.45, 7) is 0. The topological polar surface area (TPSA) is 38.3 Å². The molecule has 37 heavy (non-hydrogen) atoms. The third-order valence-electron chi connectivity index (χ3n) is 7.45. The first-order valence-corrected chi connectivity index (χ1v) is 13.3. The zero-order valence-electron chi connectivity index (χ0n) is 21.0. The summed E-state index contributed by atoms with van der Waals surface area (Å²) in [6, 6.07) is 35.4. The molecule has 3 nitrogen and oxygen atoms in total. The van der Waals surface area contributed by atoms with Crippen molar-refractivity contribution in [3.05, 3.63) is 109 Å². The number of ether oxygens (including phenoxy) is 1. The van der Waals surface area contributed by atoms with Crippen molar-refractivity contribution >= 4 is 33.2 Å². The molecule has 184 valence electrons. The highest BCUT2D eigenvalue weighted by Crippen LogP contribution is 2.45. The summed E-state index contributed by atoms with van der Waals surface area (Å²) in [5, 5.41) is 8.41. The van der Waals surface area contributed by atoms with Gasteiger partial charge in [0.25, 0.3) is 0 Å². The summed E-state index contributed by atoms with van der Waals surface area (Å²) in [5.74, 6) is 0.340. The monoisotopic (exact) mass is 485 g/mol.